The van der Waals surface area contributed by atoms with Gasteiger partial charge in [-0.3, -0.25) is 0 Å². The standard InChI is InChI=1S/C16H14BrN3O/c1-10-9-20(14-8-11(17)6-7-13(14)18-10)16-12-4-2-3-5-15(12)21-19-16/h2-8,10,18H,9H2,1H3/t10-/m0/s1. The highest BCUT2D eigenvalue weighted by atomic mass is 79.9. The Morgan fingerprint density at radius 3 is 3.05 bits per heavy atom. The van der Waals surface area contributed by atoms with Gasteiger partial charge in [-0.15, -0.1) is 0 Å². The van der Waals surface area contributed by atoms with Crippen molar-refractivity contribution in [3.05, 3.63) is 46.9 Å². The molecule has 1 aromatic heterocycles. The Hall–Kier alpha value is -2.01. The van der Waals surface area contributed by atoms with Gasteiger partial charge in [-0.25, -0.2) is 0 Å². The second kappa shape index (κ2) is 4.77. The van der Waals surface area contributed by atoms with Crippen molar-refractivity contribution in [2.75, 3.05) is 16.8 Å². The van der Waals surface area contributed by atoms with Gasteiger partial charge in [0.2, 0.25) is 0 Å². The van der Waals surface area contributed by atoms with Crippen LogP contribution in [0.1, 0.15) is 6.92 Å². The number of nitrogens with zero attached hydrogens (tertiary/aromatic N) is 2. The van der Waals surface area contributed by atoms with Crippen LogP contribution in [0.25, 0.3) is 11.0 Å². The normalized spacial score (nSPS) is 17.6. The molecule has 0 unspecified atom stereocenters. The van der Waals surface area contributed by atoms with E-state index in [1.807, 2.05) is 30.3 Å². The minimum absolute atomic E-state index is 0.342. The van der Waals surface area contributed by atoms with E-state index in [9.17, 15) is 0 Å². The topological polar surface area (TPSA) is 41.3 Å². The number of fused-ring (bicyclic) bond motifs is 2. The van der Waals surface area contributed by atoms with E-state index in [2.05, 4.69) is 50.4 Å². The number of rotatable bonds is 1. The lowest BCUT2D eigenvalue weighted by Crippen LogP contribution is -2.37. The van der Waals surface area contributed by atoms with Crippen LogP contribution in [-0.4, -0.2) is 17.7 Å². The Balaban J connectivity index is 1.91. The van der Waals surface area contributed by atoms with Crippen molar-refractivity contribution in [1.82, 2.24) is 5.16 Å². The van der Waals surface area contributed by atoms with Crippen LogP contribution in [0.3, 0.4) is 0 Å². The Labute approximate surface area is 130 Å². The lowest BCUT2D eigenvalue weighted by Gasteiger charge is -2.34. The summed E-state index contributed by atoms with van der Waals surface area (Å²) < 4.78 is 6.51. The fourth-order valence-electron chi connectivity index (χ4n) is 2.80. The number of para-hydroxylation sites is 1. The molecule has 0 radical (unpaired) electrons. The predicted molar refractivity (Wildman–Crippen MR) is 88.2 cm³/mol. The highest BCUT2D eigenvalue weighted by Crippen LogP contribution is 2.39. The number of hydrogen-bond acceptors (Lipinski definition) is 4. The van der Waals surface area contributed by atoms with E-state index in [4.69, 9.17) is 4.52 Å². The minimum Gasteiger partial charge on any atom is -0.379 e. The molecule has 0 amide bonds. The van der Waals surface area contributed by atoms with Crippen LogP contribution in [0.2, 0.25) is 0 Å². The van der Waals surface area contributed by atoms with Gasteiger partial charge >= 0.3 is 0 Å². The zero-order valence-corrected chi connectivity index (χ0v) is 13.1. The molecule has 0 fully saturated rings. The third-order valence-electron chi connectivity index (χ3n) is 3.72. The summed E-state index contributed by atoms with van der Waals surface area (Å²) in [6, 6.07) is 14.5. The molecule has 0 saturated carbocycles. The molecule has 4 rings (SSSR count). The average molecular weight is 344 g/mol. The van der Waals surface area contributed by atoms with E-state index in [1.165, 1.54) is 0 Å². The van der Waals surface area contributed by atoms with Gasteiger partial charge in [0.1, 0.15) is 0 Å². The molecule has 4 nitrogen and oxygen atoms in total. The maximum atomic E-state index is 5.46. The van der Waals surface area contributed by atoms with Crippen molar-refractivity contribution < 1.29 is 4.52 Å². The first-order chi connectivity index (χ1) is 10.2. The largest absolute Gasteiger partial charge is 0.379 e. The zero-order chi connectivity index (χ0) is 14.4. The summed E-state index contributed by atoms with van der Waals surface area (Å²) in [5.41, 5.74) is 3.04. The number of aromatic nitrogens is 1. The fraction of sp³-hybridized carbons (Fsp3) is 0.188. The molecule has 2 aromatic carbocycles. The Kier molecular flexibility index (Phi) is 2.89. The Morgan fingerprint density at radius 2 is 2.14 bits per heavy atom. The second-order valence-corrected chi connectivity index (χ2v) is 6.24. The molecule has 1 N–H and O–H groups in total. The van der Waals surface area contributed by atoms with Crippen molar-refractivity contribution in [3.8, 4) is 0 Å². The van der Waals surface area contributed by atoms with Crippen molar-refractivity contribution in [2.45, 2.75) is 13.0 Å². The van der Waals surface area contributed by atoms with Crippen molar-refractivity contribution in [3.63, 3.8) is 0 Å². The quantitative estimate of drug-likeness (QED) is 0.704. The molecule has 1 aliphatic heterocycles. The van der Waals surface area contributed by atoms with E-state index >= 15 is 0 Å². The first kappa shape index (κ1) is 12.7. The fourth-order valence-corrected chi connectivity index (χ4v) is 3.15. The average Bonchev–Trinajstić information content (AvgIpc) is 2.91. The molecule has 1 atom stereocenters. The van der Waals surface area contributed by atoms with Crippen LogP contribution < -0.4 is 10.2 Å². The van der Waals surface area contributed by atoms with E-state index in [1.54, 1.807) is 0 Å². The van der Waals surface area contributed by atoms with E-state index in [-0.39, 0.29) is 0 Å². The second-order valence-electron chi connectivity index (χ2n) is 5.32. The van der Waals surface area contributed by atoms with Gasteiger partial charge in [-0.1, -0.05) is 33.2 Å². The third kappa shape index (κ3) is 2.08. The summed E-state index contributed by atoms with van der Waals surface area (Å²) in [6.07, 6.45) is 0. The monoisotopic (exact) mass is 343 g/mol. The van der Waals surface area contributed by atoms with Gasteiger partial charge in [-0.05, 0) is 37.3 Å². The van der Waals surface area contributed by atoms with E-state index < -0.39 is 0 Å². The van der Waals surface area contributed by atoms with Crippen molar-refractivity contribution >= 4 is 44.1 Å². The van der Waals surface area contributed by atoms with Crippen LogP contribution in [-0.2, 0) is 0 Å². The van der Waals surface area contributed by atoms with Crippen molar-refractivity contribution in [1.29, 1.82) is 0 Å². The van der Waals surface area contributed by atoms with Gasteiger partial charge < -0.3 is 14.7 Å². The summed E-state index contributed by atoms with van der Waals surface area (Å²) in [5.74, 6) is 0.873. The highest BCUT2D eigenvalue weighted by molar-refractivity contribution is 9.10. The lowest BCUT2D eigenvalue weighted by atomic mass is 10.1. The molecular formula is C16H14BrN3O. The van der Waals surface area contributed by atoms with Crippen LogP contribution in [0.15, 0.2) is 51.5 Å². The van der Waals surface area contributed by atoms with Gasteiger partial charge in [0, 0.05) is 17.1 Å². The molecule has 106 valence electrons. The molecule has 0 saturated heterocycles. The summed E-state index contributed by atoms with van der Waals surface area (Å²) in [6.45, 7) is 3.01. The zero-order valence-electron chi connectivity index (χ0n) is 11.5. The molecule has 5 heteroatoms. The van der Waals surface area contributed by atoms with E-state index in [0.717, 1.165) is 39.2 Å². The van der Waals surface area contributed by atoms with Gasteiger partial charge in [0.05, 0.1) is 16.8 Å². The Morgan fingerprint density at radius 1 is 1.29 bits per heavy atom. The van der Waals surface area contributed by atoms with Crippen molar-refractivity contribution in [2.24, 2.45) is 0 Å². The molecular weight excluding hydrogens is 330 g/mol. The summed E-state index contributed by atoms with van der Waals surface area (Å²) in [5, 5.41) is 8.84. The maximum Gasteiger partial charge on any atom is 0.184 e. The summed E-state index contributed by atoms with van der Waals surface area (Å²) in [4.78, 5) is 2.22. The van der Waals surface area contributed by atoms with Crippen LogP contribution in [0.4, 0.5) is 17.2 Å². The smallest absolute Gasteiger partial charge is 0.184 e. The predicted octanol–water partition coefficient (Wildman–Crippen LogP) is 4.54. The molecule has 0 spiro atoms. The summed E-state index contributed by atoms with van der Waals surface area (Å²) >= 11 is 3.55. The molecule has 0 aliphatic carbocycles. The first-order valence-corrected chi connectivity index (χ1v) is 7.70. The number of halogens is 1. The number of hydrogen-bond donors (Lipinski definition) is 1. The molecule has 0 bridgehead atoms. The SMILES string of the molecule is C[C@H]1CN(c2noc3ccccc23)c2cc(Br)ccc2N1. The molecule has 2 heterocycles. The molecule has 21 heavy (non-hydrogen) atoms. The summed E-state index contributed by atoms with van der Waals surface area (Å²) in [7, 11) is 0. The minimum atomic E-state index is 0.342. The highest BCUT2D eigenvalue weighted by Gasteiger charge is 2.26. The van der Waals surface area contributed by atoms with Gasteiger partial charge in [0.25, 0.3) is 0 Å². The van der Waals surface area contributed by atoms with Gasteiger partial charge in [-0.2, -0.15) is 0 Å². The molecule has 3 aromatic rings. The first-order valence-electron chi connectivity index (χ1n) is 6.90. The maximum absolute atomic E-state index is 5.46. The molecule has 1 aliphatic rings. The number of anilines is 3. The van der Waals surface area contributed by atoms with Crippen LogP contribution in [0.5, 0.6) is 0 Å². The lowest BCUT2D eigenvalue weighted by molar-refractivity contribution is 0.456. The van der Waals surface area contributed by atoms with Crippen LogP contribution >= 0.6 is 15.9 Å². The number of benzene rings is 2. The Bertz CT molecular complexity index is 814. The van der Waals surface area contributed by atoms with Crippen LogP contribution in [0, 0.1) is 0 Å². The number of nitrogens with one attached hydrogen (secondary N) is 1. The van der Waals surface area contributed by atoms with E-state index in [0.29, 0.717) is 6.04 Å². The third-order valence-corrected chi connectivity index (χ3v) is 4.22. The van der Waals surface area contributed by atoms with Gasteiger partial charge in [0.15, 0.2) is 11.4 Å².